The Morgan fingerprint density at radius 3 is 2.32 bits per heavy atom. The second-order valence-corrected chi connectivity index (χ2v) is 6.84. The van der Waals surface area contributed by atoms with Crippen molar-refractivity contribution in [2.45, 2.75) is 39.3 Å². The quantitative estimate of drug-likeness (QED) is 0.713. The van der Waals surface area contributed by atoms with Crippen molar-refractivity contribution in [2.75, 3.05) is 7.11 Å². The number of rotatable bonds is 5. The highest BCUT2D eigenvalue weighted by Gasteiger charge is 2.27. The molecule has 1 heterocycles. The lowest BCUT2D eigenvalue weighted by atomic mass is 9.90. The first-order valence-electron chi connectivity index (χ1n) is 8.91. The average molecular weight is 333 g/mol. The standard InChI is InChI=1S/C23H27NO/c1-17-14-15-24(18(2)16-20-8-6-5-7-9-20)23(19(17)3)21-10-12-22(25-4)13-11-21/h5-15,18,23H,16H2,1-4H3. The van der Waals surface area contributed by atoms with Crippen molar-refractivity contribution >= 4 is 0 Å². The molecule has 0 saturated carbocycles. The van der Waals surface area contributed by atoms with Crippen molar-refractivity contribution < 1.29 is 4.74 Å². The van der Waals surface area contributed by atoms with E-state index in [1.165, 1.54) is 22.3 Å². The first-order chi connectivity index (χ1) is 12.1. The number of nitrogens with zero attached hydrogens (tertiary/aromatic N) is 1. The fraction of sp³-hybridized carbons (Fsp3) is 0.304. The van der Waals surface area contributed by atoms with Crippen LogP contribution in [-0.4, -0.2) is 18.1 Å². The summed E-state index contributed by atoms with van der Waals surface area (Å²) in [5, 5.41) is 0. The van der Waals surface area contributed by atoms with Crippen LogP contribution in [0.5, 0.6) is 5.75 Å². The van der Waals surface area contributed by atoms with Crippen molar-refractivity contribution in [1.82, 2.24) is 4.90 Å². The molecule has 2 atom stereocenters. The van der Waals surface area contributed by atoms with Gasteiger partial charge in [0.05, 0.1) is 13.2 Å². The monoisotopic (exact) mass is 333 g/mol. The summed E-state index contributed by atoms with van der Waals surface area (Å²) in [6.07, 6.45) is 5.52. The zero-order valence-electron chi connectivity index (χ0n) is 15.6. The number of methoxy groups -OCH3 is 1. The Kier molecular flexibility index (Phi) is 5.28. The van der Waals surface area contributed by atoms with Gasteiger partial charge in [0.2, 0.25) is 0 Å². The van der Waals surface area contributed by atoms with E-state index in [4.69, 9.17) is 4.74 Å². The largest absolute Gasteiger partial charge is 0.497 e. The van der Waals surface area contributed by atoms with Crippen LogP contribution >= 0.6 is 0 Å². The number of hydrogen-bond donors (Lipinski definition) is 0. The van der Waals surface area contributed by atoms with E-state index in [1.54, 1.807) is 7.11 Å². The van der Waals surface area contributed by atoms with E-state index in [9.17, 15) is 0 Å². The van der Waals surface area contributed by atoms with E-state index in [2.05, 4.69) is 92.5 Å². The van der Waals surface area contributed by atoms with Crippen LogP contribution in [0.2, 0.25) is 0 Å². The van der Waals surface area contributed by atoms with Gasteiger partial charge in [0, 0.05) is 12.2 Å². The summed E-state index contributed by atoms with van der Waals surface area (Å²) >= 11 is 0. The summed E-state index contributed by atoms with van der Waals surface area (Å²) in [5.41, 5.74) is 5.44. The minimum Gasteiger partial charge on any atom is -0.497 e. The number of hydrogen-bond acceptors (Lipinski definition) is 2. The van der Waals surface area contributed by atoms with E-state index in [1.807, 2.05) is 0 Å². The van der Waals surface area contributed by atoms with Gasteiger partial charge in [0.25, 0.3) is 0 Å². The van der Waals surface area contributed by atoms with Gasteiger partial charge >= 0.3 is 0 Å². The lowest BCUT2D eigenvalue weighted by molar-refractivity contribution is 0.235. The first-order valence-corrected chi connectivity index (χ1v) is 8.91. The van der Waals surface area contributed by atoms with Gasteiger partial charge in [0.15, 0.2) is 0 Å². The van der Waals surface area contributed by atoms with E-state index in [0.717, 1.165) is 12.2 Å². The molecule has 1 aliphatic heterocycles. The van der Waals surface area contributed by atoms with E-state index in [-0.39, 0.29) is 6.04 Å². The molecular formula is C23H27NO. The van der Waals surface area contributed by atoms with Crippen molar-refractivity contribution in [3.63, 3.8) is 0 Å². The minimum atomic E-state index is 0.273. The van der Waals surface area contributed by atoms with Crippen LogP contribution in [0, 0.1) is 0 Å². The molecule has 0 aromatic heterocycles. The first kappa shape index (κ1) is 17.3. The highest BCUT2D eigenvalue weighted by atomic mass is 16.5. The summed E-state index contributed by atoms with van der Waals surface area (Å²) in [4.78, 5) is 2.48. The van der Waals surface area contributed by atoms with Gasteiger partial charge in [-0.05, 0) is 67.7 Å². The molecule has 0 aliphatic carbocycles. The predicted molar refractivity (Wildman–Crippen MR) is 105 cm³/mol. The van der Waals surface area contributed by atoms with Crippen LogP contribution in [0.1, 0.15) is 37.9 Å². The zero-order chi connectivity index (χ0) is 17.8. The van der Waals surface area contributed by atoms with Crippen molar-refractivity contribution in [2.24, 2.45) is 0 Å². The summed E-state index contributed by atoms with van der Waals surface area (Å²) < 4.78 is 5.32. The Balaban J connectivity index is 1.89. The van der Waals surface area contributed by atoms with Gasteiger partial charge in [-0.3, -0.25) is 0 Å². The van der Waals surface area contributed by atoms with Crippen LogP contribution in [-0.2, 0) is 6.42 Å². The highest BCUT2D eigenvalue weighted by molar-refractivity contribution is 5.39. The molecule has 0 amide bonds. The number of ether oxygens (including phenoxy) is 1. The maximum atomic E-state index is 5.32. The fourth-order valence-electron chi connectivity index (χ4n) is 3.52. The maximum Gasteiger partial charge on any atom is 0.118 e. The molecule has 3 rings (SSSR count). The van der Waals surface area contributed by atoms with Gasteiger partial charge in [-0.25, -0.2) is 0 Å². The van der Waals surface area contributed by atoms with Crippen LogP contribution in [0.15, 0.2) is 78.0 Å². The molecule has 2 aromatic rings. The normalized spacial score (nSPS) is 18.4. The van der Waals surface area contributed by atoms with Gasteiger partial charge in [-0.2, -0.15) is 0 Å². The van der Waals surface area contributed by atoms with Crippen LogP contribution in [0.25, 0.3) is 0 Å². The van der Waals surface area contributed by atoms with E-state index >= 15 is 0 Å². The zero-order valence-corrected chi connectivity index (χ0v) is 15.6. The molecule has 0 radical (unpaired) electrons. The van der Waals surface area contributed by atoms with Gasteiger partial charge in [-0.15, -0.1) is 0 Å². The maximum absolute atomic E-state index is 5.32. The lowest BCUT2D eigenvalue weighted by Crippen LogP contribution is -2.36. The van der Waals surface area contributed by atoms with E-state index in [0.29, 0.717) is 6.04 Å². The topological polar surface area (TPSA) is 12.5 Å². The number of allylic oxidation sites excluding steroid dienone is 2. The molecule has 2 unspecified atom stereocenters. The summed E-state index contributed by atoms with van der Waals surface area (Å²) in [6.45, 7) is 6.75. The Morgan fingerprint density at radius 1 is 1.00 bits per heavy atom. The fourth-order valence-corrected chi connectivity index (χ4v) is 3.52. The Labute approximate surface area is 151 Å². The Bertz CT molecular complexity index is 758. The van der Waals surface area contributed by atoms with Crippen molar-refractivity contribution in [1.29, 1.82) is 0 Å². The smallest absolute Gasteiger partial charge is 0.118 e. The lowest BCUT2D eigenvalue weighted by Gasteiger charge is -2.40. The Hall–Kier alpha value is -2.48. The molecule has 0 saturated heterocycles. The average Bonchev–Trinajstić information content (AvgIpc) is 2.64. The van der Waals surface area contributed by atoms with Gasteiger partial charge < -0.3 is 9.64 Å². The van der Waals surface area contributed by atoms with Crippen molar-refractivity contribution in [3.05, 3.63) is 89.1 Å². The molecule has 0 N–H and O–H groups in total. The minimum absolute atomic E-state index is 0.273. The molecule has 1 aliphatic rings. The van der Waals surface area contributed by atoms with Crippen LogP contribution in [0.3, 0.4) is 0 Å². The predicted octanol–water partition coefficient (Wildman–Crippen LogP) is 5.53. The SMILES string of the molecule is COc1ccc(C2C(C)=C(C)C=CN2C(C)Cc2ccccc2)cc1. The molecule has 2 aromatic carbocycles. The van der Waals surface area contributed by atoms with Gasteiger partial charge in [0.1, 0.15) is 5.75 Å². The molecule has 130 valence electrons. The second-order valence-electron chi connectivity index (χ2n) is 6.84. The van der Waals surface area contributed by atoms with Crippen LogP contribution < -0.4 is 4.74 Å². The van der Waals surface area contributed by atoms with Crippen molar-refractivity contribution in [3.8, 4) is 5.75 Å². The van der Waals surface area contributed by atoms with E-state index < -0.39 is 0 Å². The summed E-state index contributed by atoms with van der Waals surface area (Å²) in [5.74, 6) is 0.900. The third-order valence-electron chi connectivity index (χ3n) is 5.14. The third-order valence-corrected chi connectivity index (χ3v) is 5.14. The number of benzene rings is 2. The van der Waals surface area contributed by atoms with Crippen LogP contribution in [0.4, 0.5) is 0 Å². The molecule has 0 bridgehead atoms. The molecule has 0 fully saturated rings. The molecule has 25 heavy (non-hydrogen) atoms. The molecule has 2 nitrogen and oxygen atoms in total. The summed E-state index contributed by atoms with van der Waals surface area (Å²) in [7, 11) is 1.71. The molecular weight excluding hydrogens is 306 g/mol. The Morgan fingerprint density at radius 2 is 1.68 bits per heavy atom. The summed E-state index contributed by atoms with van der Waals surface area (Å²) in [6, 6.07) is 19.9. The van der Waals surface area contributed by atoms with Gasteiger partial charge in [-0.1, -0.05) is 42.5 Å². The third kappa shape index (κ3) is 3.79. The second kappa shape index (κ2) is 7.60. The molecule has 0 spiro atoms. The molecule has 2 heteroatoms. The highest BCUT2D eigenvalue weighted by Crippen LogP contribution is 2.36.